The van der Waals surface area contributed by atoms with Gasteiger partial charge in [0, 0.05) is 11.8 Å². The van der Waals surface area contributed by atoms with Crippen molar-refractivity contribution in [3.8, 4) is 23.3 Å². The second kappa shape index (κ2) is 9.49. The van der Waals surface area contributed by atoms with E-state index in [2.05, 4.69) is 16.5 Å². The van der Waals surface area contributed by atoms with E-state index in [-0.39, 0.29) is 5.69 Å². The van der Waals surface area contributed by atoms with Gasteiger partial charge in [-0.15, -0.1) is 0 Å². The molecule has 1 N–H and O–H groups in total. The molecule has 0 radical (unpaired) electrons. The van der Waals surface area contributed by atoms with Gasteiger partial charge in [-0.25, -0.2) is 4.68 Å². The van der Waals surface area contributed by atoms with Crippen molar-refractivity contribution in [1.29, 1.82) is 5.26 Å². The zero-order valence-electron chi connectivity index (χ0n) is 17.4. The second-order valence-electron chi connectivity index (χ2n) is 6.91. The second-order valence-corrected chi connectivity index (χ2v) is 6.91. The summed E-state index contributed by atoms with van der Waals surface area (Å²) < 4.78 is 12.8. The number of nitrogens with zero attached hydrogens (tertiary/aromatic N) is 3. The summed E-state index contributed by atoms with van der Waals surface area (Å²) in [7, 11) is 1.50. The first-order chi connectivity index (χ1) is 15.7. The van der Waals surface area contributed by atoms with Gasteiger partial charge < -0.3 is 14.8 Å². The first kappa shape index (κ1) is 20.7. The van der Waals surface area contributed by atoms with Crippen molar-refractivity contribution in [1.82, 2.24) is 9.78 Å². The van der Waals surface area contributed by atoms with E-state index in [1.165, 1.54) is 7.11 Å². The maximum atomic E-state index is 12.9. The Labute approximate surface area is 185 Å². The van der Waals surface area contributed by atoms with Crippen molar-refractivity contribution in [3.05, 3.63) is 102 Å². The van der Waals surface area contributed by atoms with Gasteiger partial charge in [-0.2, -0.15) is 10.4 Å². The molecule has 0 aliphatic carbocycles. The van der Waals surface area contributed by atoms with Crippen LogP contribution in [0.25, 0.3) is 5.69 Å². The predicted octanol–water partition coefficient (Wildman–Crippen LogP) is 4.58. The van der Waals surface area contributed by atoms with Gasteiger partial charge in [-0.05, 0) is 42.0 Å². The summed E-state index contributed by atoms with van der Waals surface area (Å²) >= 11 is 0. The Morgan fingerprint density at radius 1 is 1.06 bits per heavy atom. The highest BCUT2D eigenvalue weighted by Crippen LogP contribution is 2.23. The van der Waals surface area contributed by atoms with Crippen molar-refractivity contribution < 1.29 is 14.3 Å². The van der Waals surface area contributed by atoms with Crippen LogP contribution < -0.4 is 14.8 Å². The highest BCUT2D eigenvalue weighted by molar-refractivity contribution is 6.04. The molecule has 0 aliphatic heterocycles. The van der Waals surface area contributed by atoms with E-state index in [4.69, 9.17) is 14.7 Å². The van der Waals surface area contributed by atoms with Gasteiger partial charge in [-0.1, -0.05) is 36.4 Å². The third-order valence-corrected chi connectivity index (χ3v) is 4.69. The molecule has 1 aromatic heterocycles. The number of ether oxygens (including phenoxy) is 2. The molecule has 0 fully saturated rings. The van der Waals surface area contributed by atoms with Crippen molar-refractivity contribution in [2.24, 2.45) is 0 Å². The Bertz CT molecular complexity index is 1280. The minimum atomic E-state index is -0.393. The fourth-order valence-corrected chi connectivity index (χ4v) is 3.13. The molecule has 1 amide bonds. The van der Waals surface area contributed by atoms with Crippen LogP contribution in [0.3, 0.4) is 0 Å². The summed E-state index contributed by atoms with van der Waals surface area (Å²) in [6.07, 6.45) is 1.67. The van der Waals surface area contributed by atoms with Crippen LogP contribution >= 0.6 is 0 Å². The third kappa shape index (κ3) is 4.77. The van der Waals surface area contributed by atoms with Crippen LogP contribution in [-0.2, 0) is 6.61 Å². The molecule has 4 aromatic rings. The maximum absolute atomic E-state index is 12.9. The molecule has 0 saturated heterocycles. The van der Waals surface area contributed by atoms with E-state index in [0.29, 0.717) is 29.4 Å². The Balaban J connectivity index is 1.47. The van der Waals surface area contributed by atoms with E-state index >= 15 is 0 Å². The van der Waals surface area contributed by atoms with Crippen LogP contribution in [0.1, 0.15) is 21.6 Å². The number of nitriles is 1. The summed E-state index contributed by atoms with van der Waals surface area (Å²) in [5.74, 6) is 0.568. The summed E-state index contributed by atoms with van der Waals surface area (Å²) in [5.41, 5.74) is 3.02. The topological polar surface area (TPSA) is 89.2 Å². The number of amides is 1. The van der Waals surface area contributed by atoms with Gasteiger partial charge >= 0.3 is 0 Å². The van der Waals surface area contributed by atoms with Crippen LogP contribution in [0.15, 0.2) is 85.1 Å². The molecular formula is C25H20N4O3. The first-order valence-electron chi connectivity index (χ1n) is 9.88. The summed E-state index contributed by atoms with van der Waals surface area (Å²) in [4.78, 5) is 12.9. The molecule has 0 spiro atoms. The minimum Gasteiger partial charge on any atom is -0.493 e. The molecule has 32 heavy (non-hydrogen) atoms. The molecule has 158 valence electrons. The number of hydrogen-bond donors (Lipinski definition) is 1. The fourth-order valence-electron chi connectivity index (χ4n) is 3.13. The number of carbonyl (C=O) groups excluding carboxylic acids is 1. The van der Waals surface area contributed by atoms with Crippen LogP contribution in [0.4, 0.5) is 5.69 Å². The molecule has 0 atom stereocenters. The van der Waals surface area contributed by atoms with E-state index in [1.54, 1.807) is 47.3 Å². The number of methoxy groups -OCH3 is 1. The molecule has 4 rings (SSSR count). The van der Waals surface area contributed by atoms with Crippen LogP contribution in [0.2, 0.25) is 0 Å². The number of aromatic nitrogens is 2. The van der Waals surface area contributed by atoms with Crippen molar-refractivity contribution >= 4 is 11.6 Å². The first-order valence-corrected chi connectivity index (χ1v) is 9.88. The quantitative estimate of drug-likeness (QED) is 0.469. The third-order valence-electron chi connectivity index (χ3n) is 4.69. The fraction of sp³-hybridized carbons (Fsp3) is 0.0800. The van der Waals surface area contributed by atoms with Gasteiger partial charge in [-0.3, -0.25) is 4.79 Å². The van der Waals surface area contributed by atoms with E-state index in [9.17, 15) is 4.79 Å². The molecule has 0 saturated carbocycles. The lowest BCUT2D eigenvalue weighted by molar-refractivity contribution is 0.101. The molecule has 3 aromatic carbocycles. The monoisotopic (exact) mass is 424 g/mol. The van der Waals surface area contributed by atoms with Crippen LogP contribution in [0, 0.1) is 11.3 Å². The zero-order valence-corrected chi connectivity index (χ0v) is 17.4. The van der Waals surface area contributed by atoms with Gasteiger partial charge in [0.1, 0.15) is 12.4 Å². The molecule has 7 heteroatoms. The Morgan fingerprint density at radius 3 is 2.66 bits per heavy atom. The van der Waals surface area contributed by atoms with Crippen molar-refractivity contribution in [3.63, 3.8) is 0 Å². The van der Waals surface area contributed by atoms with Gasteiger partial charge in [0.15, 0.2) is 11.4 Å². The normalized spacial score (nSPS) is 10.2. The lowest BCUT2D eigenvalue weighted by Crippen LogP contribution is -2.14. The average Bonchev–Trinajstić information content (AvgIpc) is 3.28. The minimum absolute atomic E-state index is 0.177. The van der Waals surface area contributed by atoms with Gasteiger partial charge in [0.25, 0.3) is 5.91 Å². The van der Waals surface area contributed by atoms with Gasteiger partial charge in [0.2, 0.25) is 0 Å². The SMILES string of the molecule is COc1cn(-c2ccccc2)nc1C(=O)Nc1cccc(OCc2cccc(C#N)c2)c1. The molecule has 1 heterocycles. The standard InChI is InChI=1S/C25H20N4O3/c1-31-23-16-29(21-10-3-2-4-11-21)28-24(23)25(30)27-20-9-6-12-22(14-20)32-17-19-8-5-7-18(13-19)15-26/h2-14,16H,17H2,1H3,(H,27,30). The Hall–Kier alpha value is -4.57. The molecule has 7 nitrogen and oxygen atoms in total. The Morgan fingerprint density at radius 2 is 1.88 bits per heavy atom. The summed E-state index contributed by atoms with van der Waals surface area (Å²) in [6.45, 7) is 0.308. The van der Waals surface area contributed by atoms with E-state index in [0.717, 1.165) is 11.3 Å². The highest BCUT2D eigenvalue weighted by atomic mass is 16.5. The highest BCUT2D eigenvalue weighted by Gasteiger charge is 2.18. The van der Waals surface area contributed by atoms with E-state index < -0.39 is 5.91 Å². The number of benzene rings is 3. The van der Waals surface area contributed by atoms with Gasteiger partial charge in [0.05, 0.1) is 30.6 Å². The zero-order chi connectivity index (χ0) is 22.3. The number of para-hydroxylation sites is 1. The molecular weight excluding hydrogens is 404 g/mol. The van der Waals surface area contributed by atoms with E-state index in [1.807, 2.05) is 42.5 Å². The number of hydrogen-bond acceptors (Lipinski definition) is 5. The molecule has 0 bridgehead atoms. The number of rotatable bonds is 7. The lowest BCUT2D eigenvalue weighted by atomic mass is 10.1. The van der Waals surface area contributed by atoms with Crippen molar-refractivity contribution in [2.75, 3.05) is 12.4 Å². The largest absolute Gasteiger partial charge is 0.493 e. The maximum Gasteiger partial charge on any atom is 0.280 e. The van der Waals surface area contributed by atoms with Crippen LogP contribution in [0.5, 0.6) is 11.5 Å². The average molecular weight is 424 g/mol. The Kier molecular flexibility index (Phi) is 6.14. The number of anilines is 1. The number of nitrogens with one attached hydrogen (secondary N) is 1. The summed E-state index contributed by atoms with van der Waals surface area (Å²) in [5, 5.41) is 16.2. The molecule has 0 aliphatic rings. The van der Waals surface area contributed by atoms with Crippen LogP contribution in [-0.4, -0.2) is 22.8 Å². The summed E-state index contributed by atoms with van der Waals surface area (Å²) in [6, 6.07) is 25.9. The molecule has 0 unspecified atom stereocenters. The van der Waals surface area contributed by atoms with Crippen molar-refractivity contribution in [2.45, 2.75) is 6.61 Å². The number of carbonyl (C=O) groups is 1. The smallest absolute Gasteiger partial charge is 0.280 e. The lowest BCUT2D eigenvalue weighted by Gasteiger charge is -2.09. The predicted molar refractivity (Wildman–Crippen MR) is 120 cm³/mol.